The van der Waals surface area contributed by atoms with Gasteiger partial charge in [0.25, 0.3) is 0 Å². The van der Waals surface area contributed by atoms with Crippen LogP contribution >= 0.6 is 11.6 Å². The van der Waals surface area contributed by atoms with Gasteiger partial charge in [0.05, 0.1) is 0 Å². The lowest BCUT2D eigenvalue weighted by Gasteiger charge is -2.03. The third-order valence-electron chi connectivity index (χ3n) is 1.76. The summed E-state index contributed by atoms with van der Waals surface area (Å²) in [5, 5.41) is -0.404. The van der Waals surface area contributed by atoms with Gasteiger partial charge >= 0.3 is 0 Å². The highest BCUT2D eigenvalue weighted by Gasteiger charge is 2.06. The Morgan fingerprint density at radius 3 is 2.36 bits per heavy atom. The molecule has 3 nitrogen and oxygen atoms in total. The van der Waals surface area contributed by atoms with E-state index in [0.29, 0.717) is 0 Å². The Labute approximate surface area is 89.1 Å². The summed E-state index contributed by atoms with van der Waals surface area (Å²) < 4.78 is 24.4. The topological polar surface area (TPSA) is 46.2 Å². The van der Waals surface area contributed by atoms with Gasteiger partial charge in [-0.3, -0.25) is 0 Å². The second kappa shape index (κ2) is 4.77. The first kappa shape index (κ1) is 11.5. The molecule has 78 valence electrons. The van der Waals surface area contributed by atoms with E-state index in [9.17, 15) is 8.42 Å². The molecule has 14 heavy (non-hydrogen) atoms. The molecule has 0 atom stereocenters. The van der Waals surface area contributed by atoms with Gasteiger partial charge in [-0.2, -0.15) is 0 Å². The monoisotopic (exact) mass is 233 g/mol. The number of nitrogens with one attached hydrogen (secondary N) is 1. The summed E-state index contributed by atoms with van der Waals surface area (Å²) in [6, 6.07) is 7.63. The van der Waals surface area contributed by atoms with E-state index < -0.39 is 15.2 Å². The van der Waals surface area contributed by atoms with Crippen LogP contribution in [0.15, 0.2) is 24.3 Å². The van der Waals surface area contributed by atoms with E-state index in [1.807, 2.05) is 31.2 Å². The van der Waals surface area contributed by atoms with Crippen LogP contribution in [0.25, 0.3) is 0 Å². The maximum Gasteiger partial charge on any atom is 0.225 e. The highest BCUT2D eigenvalue weighted by atomic mass is 35.5. The molecule has 0 radical (unpaired) electrons. The van der Waals surface area contributed by atoms with Gasteiger partial charge in [-0.25, -0.2) is 13.1 Å². The molecule has 0 saturated heterocycles. The second-order valence-corrected chi connectivity index (χ2v) is 5.42. The molecule has 1 aromatic rings. The molecule has 1 rings (SSSR count). The second-order valence-electron chi connectivity index (χ2n) is 3.03. The molecule has 0 unspecified atom stereocenters. The average molecular weight is 234 g/mol. The van der Waals surface area contributed by atoms with Crippen molar-refractivity contribution in [2.45, 2.75) is 13.5 Å². The smallest absolute Gasteiger partial charge is 0.211 e. The summed E-state index contributed by atoms with van der Waals surface area (Å²) in [5.74, 6) is 0. The van der Waals surface area contributed by atoms with Crippen molar-refractivity contribution in [2.75, 3.05) is 5.21 Å². The van der Waals surface area contributed by atoms with E-state index in [4.69, 9.17) is 11.6 Å². The Kier molecular flexibility index (Phi) is 3.92. The van der Waals surface area contributed by atoms with Crippen LogP contribution in [0, 0.1) is 6.92 Å². The van der Waals surface area contributed by atoms with E-state index in [1.165, 1.54) is 0 Å². The molecule has 0 bridgehead atoms. The summed E-state index contributed by atoms with van der Waals surface area (Å²) in [5.41, 5.74) is 2.07. The molecule has 0 aliphatic rings. The van der Waals surface area contributed by atoms with Gasteiger partial charge in [-0.05, 0) is 12.5 Å². The Morgan fingerprint density at radius 2 is 1.86 bits per heavy atom. The predicted octanol–water partition coefficient (Wildman–Crippen LogP) is 1.61. The summed E-state index contributed by atoms with van der Waals surface area (Å²) in [6.45, 7) is 2.27. The number of sulfonamides is 1. The van der Waals surface area contributed by atoms with Gasteiger partial charge in [-0.15, -0.1) is 11.6 Å². The van der Waals surface area contributed by atoms with Crippen LogP contribution in [0.3, 0.4) is 0 Å². The molecular weight excluding hydrogens is 222 g/mol. The van der Waals surface area contributed by atoms with Crippen molar-refractivity contribution in [3.05, 3.63) is 35.4 Å². The molecule has 0 saturated carbocycles. The van der Waals surface area contributed by atoms with Crippen LogP contribution in [0.2, 0.25) is 0 Å². The molecular formula is C9H12ClNO2S. The van der Waals surface area contributed by atoms with Gasteiger partial charge in [0.1, 0.15) is 5.21 Å². The predicted molar refractivity (Wildman–Crippen MR) is 57.7 cm³/mol. The SMILES string of the molecule is Cc1ccc(CNS(=O)(=O)CCl)cc1. The van der Waals surface area contributed by atoms with Crippen molar-refractivity contribution in [2.24, 2.45) is 0 Å². The lowest BCUT2D eigenvalue weighted by molar-refractivity contribution is 0.586. The molecule has 0 fully saturated rings. The fraction of sp³-hybridized carbons (Fsp3) is 0.333. The average Bonchev–Trinajstić information content (AvgIpc) is 2.17. The van der Waals surface area contributed by atoms with Crippen LogP contribution in [-0.2, 0) is 16.6 Å². The van der Waals surface area contributed by atoms with E-state index in [2.05, 4.69) is 4.72 Å². The minimum Gasteiger partial charge on any atom is -0.211 e. The van der Waals surface area contributed by atoms with Crippen molar-refractivity contribution in [3.8, 4) is 0 Å². The van der Waals surface area contributed by atoms with Gasteiger partial charge in [0.2, 0.25) is 10.0 Å². The lowest BCUT2D eigenvalue weighted by Crippen LogP contribution is -2.23. The first-order chi connectivity index (χ1) is 6.53. The van der Waals surface area contributed by atoms with E-state index in [-0.39, 0.29) is 6.54 Å². The van der Waals surface area contributed by atoms with E-state index >= 15 is 0 Å². The molecule has 1 N–H and O–H groups in total. The molecule has 5 heteroatoms. The summed E-state index contributed by atoms with van der Waals surface area (Å²) in [6.07, 6.45) is 0. The van der Waals surface area contributed by atoms with Gasteiger partial charge in [-0.1, -0.05) is 29.8 Å². The van der Waals surface area contributed by atoms with Crippen molar-refractivity contribution in [1.82, 2.24) is 4.72 Å². The molecule has 1 aromatic carbocycles. The molecule has 0 aliphatic heterocycles. The third-order valence-corrected chi connectivity index (χ3v) is 3.49. The van der Waals surface area contributed by atoms with Crippen LogP contribution < -0.4 is 4.72 Å². The Bertz CT molecular complexity index is 386. The number of aryl methyl sites for hydroxylation is 1. The number of rotatable bonds is 4. The first-order valence-corrected chi connectivity index (χ1v) is 6.31. The Balaban J connectivity index is 2.59. The minimum absolute atomic E-state index is 0.287. The fourth-order valence-electron chi connectivity index (χ4n) is 0.938. The van der Waals surface area contributed by atoms with E-state index in [1.54, 1.807) is 0 Å². The first-order valence-electron chi connectivity index (χ1n) is 4.12. The standard InChI is InChI=1S/C9H12ClNO2S/c1-8-2-4-9(5-3-8)6-11-14(12,13)7-10/h2-5,11H,6-7H2,1H3. The zero-order valence-electron chi connectivity index (χ0n) is 7.83. The molecule has 0 spiro atoms. The number of hydrogen-bond donors (Lipinski definition) is 1. The number of alkyl halides is 1. The molecule has 0 heterocycles. The zero-order valence-corrected chi connectivity index (χ0v) is 9.40. The van der Waals surface area contributed by atoms with Gasteiger partial charge in [0.15, 0.2) is 0 Å². The van der Waals surface area contributed by atoms with Gasteiger partial charge < -0.3 is 0 Å². The molecule has 0 aromatic heterocycles. The maximum absolute atomic E-state index is 11.0. The van der Waals surface area contributed by atoms with Crippen LogP contribution in [-0.4, -0.2) is 13.6 Å². The lowest BCUT2D eigenvalue weighted by atomic mass is 10.2. The van der Waals surface area contributed by atoms with Crippen molar-refractivity contribution >= 4 is 21.6 Å². The van der Waals surface area contributed by atoms with Crippen molar-refractivity contribution < 1.29 is 8.42 Å². The quantitative estimate of drug-likeness (QED) is 0.804. The maximum atomic E-state index is 11.0. The summed E-state index contributed by atoms with van der Waals surface area (Å²) in [4.78, 5) is 0. The van der Waals surface area contributed by atoms with Crippen LogP contribution in [0.1, 0.15) is 11.1 Å². The third kappa shape index (κ3) is 3.65. The molecule has 0 amide bonds. The van der Waals surface area contributed by atoms with Crippen molar-refractivity contribution in [1.29, 1.82) is 0 Å². The van der Waals surface area contributed by atoms with Crippen molar-refractivity contribution in [3.63, 3.8) is 0 Å². The zero-order chi connectivity index (χ0) is 10.6. The summed E-state index contributed by atoms with van der Waals surface area (Å²) in [7, 11) is -3.31. The number of hydrogen-bond acceptors (Lipinski definition) is 2. The Hall–Kier alpha value is -0.580. The van der Waals surface area contributed by atoms with E-state index in [0.717, 1.165) is 11.1 Å². The number of halogens is 1. The fourth-order valence-corrected chi connectivity index (χ4v) is 1.63. The summed E-state index contributed by atoms with van der Waals surface area (Å²) >= 11 is 5.23. The van der Waals surface area contributed by atoms with Crippen LogP contribution in [0.4, 0.5) is 0 Å². The minimum atomic E-state index is -3.31. The normalized spacial score (nSPS) is 11.6. The highest BCUT2D eigenvalue weighted by molar-refractivity contribution is 7.90. The number of benzene rings is 1. The largest absolute Gasteiger partial charge is 0.225 e. The highest BCUT2D eigenvalue weighted by Crippen LogP contribution is 2.03. The van der Waals surface area contributed by atoms with Crippen LogP contribution in [0.5, 0.6) is 0 Å². The van der Waals surface area contributed by atoms with Gasteiger partial charge in [0, 0.05) is 6.54 Å². The Morgan fingerprint density at radius 1 is 1.29 bits per heavy atom. The molecule has 0 aliphatic carbocycles.